The second-order valence-electron chi connectivity index (χ2n) is 2.99. The summed E-state index contributed by atoms with van der Waals surface area (Å²) in [6.07, 6.45) is 0. The topological polar surface area (TPSA) is 98.4 Å². The average Bonchev–Trinajstić information content (AvgIpc) is 2.45. The number of anilines is 2. The van der Waals surface area contributed by atoms with Crippen LogP contribution < -0.4 is 10.6 Å². The fourth-order valence-corrected chi connectivity index (χ4v) is 1.30. The summed E-state index contributed by atoms with van der Waals surface area (Å²) in [5.41, 5.74) is 5.68. The third-order valence-electron chi connectivity index (χ3n) is 1.87. The number of nitrogen functional groups attached to an aromatic ring is 1. The van der Waals surface area contributed by atoms with Gasteiger partial charge in [0.05, 0.1) is 13.2 Å². The van der Waals surface area contributed by atoms with Gasteiger partial charge in [-0.15, -0.1) is 0 Å². The summed E-state index contributed by atoms with van der Waals surface area (Å²) in [7, 11) is 0. The maximum absolute atomic E-state index is 8.82. The van der Waals surface area contributed by atoms with Crippen molar-refractivity contribution >= 4 is 11.6 Å². The number of aromatic amines is 1. The Balaban J connectivity index is 2.80. The minimum atomic E-state index is 0.00531. The quantitative estimate of drug-likeness (QED) is 0.493. The summed E-state index contributed by atoms with van der Waals surface area (Å²) >= 11 is 0. The zero-order valence-corrected chi connectivity index (χ0v) is 8.19. The minimum absolute atomic E-state index is 0.00531. The number of aliphatic hydroxyl groups excluding tert-OH is 2. The molecule has 80 valence electrons. The molecule has 0 amide bonds. The highest BCUT2D eigenvalue weighted by atomic mass is 16.3. The van der Waals surface area contributed by atoms with Gasteiger partial charge in [0.15, 0.2) is 5.82 Å². The maximum atomic E-state index is 8.82. The van der Waals surface area contributed by atoms with E-state index in [4.69, 9.17) is 15.9 Å². The fourth-order valence-electron chi connectivity index (χ4n) is 1.30. The molecule has 0 aliphatic rings. The molecule has 1 heterocycles. The van der Waals surface area contributed by atoms with Crippen molar-refractivity contribution in [3.8, 4) is 0 Å². The number of aryl methyl sites for hydroxylation is 1. The second kappa shape index (κ2) is 4.83. The van der Waals surface area contributed by atoms with Crippen LogP contribution in [0.25, 0.3) is 0 Å². The van der Waals surface area contributed by atoms with Crippen LogP contribution in [0.15, 0.2) is 0 Å². The van der Waals surface area contributed by atoms with Gasteiger partial charge in [0.2, 0.25) is 0 Å². The lowest BCUT2D eigenvalue weighted by atomic mass is 10.4. The summed E-state index contributed by atoms with van der Waals surface area (Å²) in [6, 6.07) is 0. The zero-order chi connectivity index (χ0) is 10.6. The first-order valence-electron chi connectivity index (χ1n) is 4.47. The van der Waals surface area contributed by atoms with E-state index in [2.05, 4.69) is 9.97 Å². The number of H-pyrrole nitrogens is 1. The molecule has 0 spiro atoms. The van der Waals surface area contributed by atoms with Crippen LogP contribution >= 0.6 is 0 Å². The van der Waals surface area contributed by atoms with Crippen molar-refractivity contribution in [3.63, 3.8) is 0 Å². The van der Waals surface area contributed by atoms with Crippen LogP contribution in [-0.2, 0) is 0 Å². The van der Waals surface area contributed by atoms with Crippen LogP contribution in [0, 0.1) is 6.92 Å². The molecule has 0 bridgehead atoms. The first kappa shape index (κ1) is 10.8. The Morgan fingerprint density at radius 3 is 2.29 bits per heavy atom. The predicted octanol–water partition coefficient (Wildman–Crippen LogP) is -0.909. The summed E-state index contributed by atoms with van der Waals surface area (Å²) in [5.74, 6) is 1.77. The van der Waals surface area contributed by atoms with Crippen molar-refractivity contribution in [3.05, 3.63) is 5.82 Å². The Labute approximate surface area is 82.4 Å². The van der Waals surface area contributed by atoms with Gasteiger partial charge in [0.1, 0.15) is 11.6 Å². The minimum Gasteiger partial charge on any atom is -0.395 e. The normalized spacial score (nSPS) is 10.5. The van der Waals surface area contributed by atoms with Gasteiger partial charge in [-0.3, -0.25) is 0 Å². The summed E-state index contributed by atoms with van der Waals surface area (Å²) in [6.45, 7) is 2.64. The molecule has 6 heteroatoms. The Morgan fingerprint density at radius 1 is 1.36 bits per heavy atom. The molecular weight excluding hydrogens is 184 g/mol. The lowest BCUT2D eigenvalue weighted by molar-refractivity contribution is 0.281. The van der Waals surface area contributed by atoms with Gasteiger partial charge in [0, 0.05) is 13.1 Å². The van der Waals surface area contributed by atoms with Gasteiger partial charge in [-0.2, -0.15) is 0 Å². The highest BCUT2D eigenvalue weighted by molar-refractivity contribution is 5.58. The molecule has 0 atom stereocenters. The first-order chi connectivity index (χ1) is 6.69. The molecular formula is C8H16N4O2. The van der Waals surface area contributed by atoms with E-state index in [-0.39, 0.29) is 13.2 Å². The molecule has 1 aromatic rings. The van der Waals surface area contributed by atoms with E-state index in [0.29, 0.717) is 24.7 Å². The van der Waals surface area contributed by atoms with Gasteiger partial charge in [-0.05, 0) is 6.92 Å². The zero-order valence-electron chi connectivity index (χ0n) is 8.19. The smallest absolute Gasteiger partial charge is 0.171 e. The van der Waals surface area contributed by atoms with Crippen molar-refractivity contribution in [2.75, 3.05) is 36.9 Å². The molecule has 5 N–H and O–H groups in total. The molecule has 1 aromatic heterocycles. The summed E-state index contributed by atoms with van der Waals surface area (Å²) in [5, 5.41) is 17.6. The van der Waals surface area contributed by atoms with E-state index >= 15 is 0 Å². The summed E-state index contributed by atoms with van der Waals surface area (Å²) in [4.78, 5) is 8.77. The number of hydrogen-bond acceptors (Lipinski definition) is 5. The van der Waals surface area contributed by atoms with Crippen LogP contribution in [0.2, 0.25) is 0 Å². The number of aliphatic hydroxyl groups is 2. The number of nitrogens with two attached hydrogens (primary N) is 1. The Hall–Kier alpha value is -1.27. The maximum Gasteiger partial charge on any atom is 0.171 e. The van der Waals surface area contributed by atoms with Gasteiger partial charge in [0.25, 0.3) is 0 Å². The van der Waals surface area contributed by atoms with Crippen LogP contribution in [0.5, 0.6) is 0 Å². The molecule has 0 aliphatic carbocycles. The molecule has 14 heavy (non-hydrogen) atoms. The largest absolute Gasteiger partial charge is 0.395 e. The standard InChI is InChI=1S/C8H16N4O2/c1-6-10-7(9)8(11-6)12(2-4-13)3-5-14/h13-14H,2-5,9H2,1H3,(H,10,11). The van der Waals surface area contributed by atoms with Gasteiger partial charge in [-0.25, -0.2) is 4.98 Å². The molecule has 0 aromatic carbocycles. The molecule has 0 fully saturated rings. The lowest BCUT2D eigenvalue weighted by Crippen LogP contribution is -2.30. The van der Waals surface area contributed by atoms with Crippen LogP contribution in [-0.4, -0.2) is 46.5 Å². The average molecular weight is 200 g/mol. The number of imidazole rings is 1. The number of hydrogen-bond donors (Lipinski definition) is 4. The molecule has 0 aliphatic heterocycles. The lowest BCUT2D eigenvalue weighted by Gasteiger charge is -2.20. The van der Waals surface area contributed by atoms with Crippen molar-refractivity contribution in [2.24, 2.45) is 0 Å². The van der Waals surface area contributed by atoms with E-state index in [9.17, 15) is 0 Å². The van der Waals surface area contributed by atoms with Gasteiger partial charge < -0.3 is 25.8 Å². The Bertz CT molecular complexity index is 281. The van der Waals surface area contributed by atoms with Crippen molar-refractivity contribution in [1.82, 2.24) is 9.97 Å². The highest BCUT2D eigenvalue weighted by Crippen LogP contribution is 2.18. The van der Waals surface area contributed by atoms with Crippen LogP contribution in [0.4, 0.5) is 11.6 Å². The number of nitrogens with zero attached hydrogens (tertiary/aromatic N) is 2. The predicted molar refractivity (Wildman–Crippen MR) is 54.1 cm³/mol. The molecule has 0 saturated heterocycles. The SMILES string of the molecule is Cc1nc(N(CCO)CCO)c(N)[nH]1. The number of rotatable bonds is 5. The first-order valence-corrected chi connectivity index (χ1v) is 4.47. The molecule has 0 radical (unpaired) electrons. The molecule has 0 unspecified atom stereocenters. The Kier molecular flexibility index (Phi) is 3.73. The van der Waals surface area contributed by atoms with E-state index in [1.807, 2.05) is 0 Å². The van der Waals surface area contributed by atoms with Crippen LogP contribution in [0.1, 0.15) is 5.82 Å². The van der Waals surface area contributed by atoms with E-state index in [1.165, 1.54) is 0 Å². The number of nitrogens with one attached hydrogen (secondary N) is 1. The Morgan fingerprint density at radius 2 is 1.93 bits per heavy atom. The third kappa shape index (κ3) is 2.36. The third-order valence-corrected chi connectivity index (χ3v) is 1.87. The van der Waals surface area contributed by atoms with Crippen LogP contribution in [0.3, 0.4) is 0 Å². The fraction of sp³-hybridized carbons (Fsp3) is 0.625. The monoisotopic (exact) mass is 200 g/mol. The number of aromatic nitrogens is 2. The molecule has 0 saturated carbocycles. The second-order valence-corrected chi connectivity index (χ2v) is 2.99. The van der Waals surface area contributed by atoms with Crippen molar-refractivity contribution < 1.29 is 10.2 Å². The van der Waals surface area contributed by atoms with Gasteiger partial charge >= 0.3 is 0 Å². The summed E-state index contributed by atoms with van der Waals surface area (Å²) < 4.78 is 0. The van der Waals surface area contributed by atoms with Gasteiger partial charge in [-0.1, -0.05) is 0 Å². The molecule has 6 nitrogen and oxygen atoms in total. The van der Waals surface area contributed by atoms with Crippen molar-refractivity contribution in [2.45, 2.75) is 6.92 Å². The van der Waals surface area contributed by atoms with Crippen molar-refractivity contribution in [1.29, 1.82) is 0 Å². The molecule has 1 rings (SSSR count). The van der Waals surface area contributed by atoms with E-state index < -0.39 is 0 Å². The highest BCUT2D eigenvalue weighted by Gasteiger charge is 2.12. The van der Waals surface area contributed by atoms with E-state index in [1.54, 1.807) is 11.8 Å². The van der Waals surface area contributed by atoms with E-state index in [0.717, 1.165) is 5.82 Å².